The van der Waals surface area contributed by atoms with E-state index in [9.17, 15) is 4.79 Å². The number of thiophene rings is 1. The zero-order valence-corrected chi connectivity index (χ0v) is 13.5. The average molecular weight is 304 g/mol. The summed E-state index contributed by atoms with van der Waals surface area (Å²) in [6.07, 6.45) is 7.71. The van der Waals surface area contributed by atoms with Crippen molar-refractivity contribution in [3.05, 3.63) is 21.9 Å². The van der Waals surface area contributed by atoms with Gasteiger partial charge in [-0.2, -0.15) is 0 Å². The first-order valence-electron chi connectivity index (χ1n) is 8.30. The molecule has 3 atom stereocenters. The fourth-order valence-corrected chi connectivity index (χ4v) is 5.84. The number of likely N-dealkylation sites (N-methyl/N-ethyl adjacent to an activating group) is 1. The van der Waals surface area contributed by atoms with Crippen LogP contribution < -0.4 is 5.32 Å². The van der Waals surface area contributed by atoms with Crippen molar-refractivity contribution in [2.45, 2.75) is 50.6 Å². The molecule has 3 aliphatic rings. The first kappa shape index (κ1) is 13.8. The normalized spacial score (nSPS) is 35.7. The molecule has 1 aromatic rings. The third kappa shape index (κ3) is 2.33. The van der Waals surface area contributed by atoms with Crippen molar-refractivity contribution in [3.63, 3.8) is 0 Å². The summed E-state index contributed by atoms with van der Waals surface area (Å²) in [7, 11) is 1.92. The summed E-state index contributed by atoms with van der Waals surface area (Å²) in [5.74, 6) is 2.07. The van der Waals surface area contributed by atoms with Gasteiger partial charge in [0, 0.05) is 17.5 Å². The Kier molecular flexibility index (Phi) is 3.54. The Morgan fingerprint density at radius 3 is 2.71 bits per heavy atom. The minimum atomic E-state index is -0.123. The molecule has 114 valence electrons. The maximum atomic E-state index is 13.0. The van der Waals surface area contributed by atoms with Crippen molar-refractivity contribution < 1.29 is 4.79 Å². The number of hydrogen-bond donors (Lipinski definition) is 1. The van der Waals surface area contributed by atoms with Gasteiger partial charge in [0.2, 0.25) is 5.91 Å². The van der Waals surface area contributed by atoms with E-state index in [4.69, 9.17) is 0 Å². The van der Waals surface area contributed by atoms with Crippen LogP contribution in [0, 0.1) is 11.8 Å². The van der Waals surface area contributed by atoms with Gasteiger partial charge in [0.15, 0.2) is 0 Å². The molecule has 2 fully saturated rings. The van der Waals surface area contributed by atoms with E-state index < -0.39 is 0 Å². The van der Waals surface area contributed by atoms with Crippen molar-refractivity contribution in [2.75, 3.05) is 13.6 Å². The Morgan fingerprint density at radius 2 is 2.00 bits per heavy atom. The van der Waals surface area contributed by atoms with E-state index >= 15 is 0 Å². The van der Waals surface area contributed by atoms with E-state index in [1.807, 2.05) is 7.05 Å². The molecule has 0 aromatic carbocycles. The number of carbonyl (C=O) groups is 1. The maximum Gasteiger partial charge on any atom is 0.245 e. The van der Waals surface area contributed by atoms with Crippen LogP contribution in [0.25, 0.3) is 0 Å². The second kappa shape index (κ2) is 5.40. The smallest absolute Gasteiger partial charge is 0.245 e. The monoisotopic (exact) mass is 304 g/mol. The highest BCUT2D eigenvalue weighted by Gasteiger charge is 2.40. The van der Waals surface area contributed by atoms with Crippen molar-refractivity contribution in [2.24, 2.45) is 11.8 Å². The fourth-order valence-electron chi connectivity index (χ4n) is 4.78. The molecule has 2 heterocycles. The molecule has 1 aromatic heterocycles. The fraction of sp³-hybridized carbons (Fsp3) is 0.706. The Labute approximate surface area is 130 Å². The van der Waals surface area contributed by atoms with Gasteiger partial charge in [-0.15, -0.1) is 11.3 Å². The van der Waals surface area contributed by atoms with Gasteiger partial charge in [0.05, 0.1) is 0 Å². The van der Waals surface area contributed by atoms with Crippen molar-refractivity contribution in [1.29, 1.82) is 0 Å². The van der Waals surface area contributed by atoms with Crippen molar-refractivity contribution >= 4 is 17.2 Å². The Balaban J connectivity index is 1.59. The minimum Gasteiger partial charge on any atom is -0.338 e. The van der Waals surface area contributed by atoms with Gasteiger partial charge in [-0.25, -0.2) is 0 Å². The highest BCUT2D eigenvalue weighted by Crippen LogP contribution is 2.44. The lowest BCUT2D eigenvalue weighted by atomic mass is 9.84. The summed E-state index contributed by atoms with van der Waals surface area (Å²) in [6, 6.07) is 2.57. The lowest BCUT2D eigenvalue weighted by Crippen LogP contribution is -2.47. The first-order chi connectivity index (χ1) is 10.3. The molecule has 4 rings (SSSR count). The topological polar surface area (TPSA) is 32.3 Å². The molecular formula is C17H24N2OS. The summed E-state index contributed by atoms with van der Waals surface area (Å²) >= 11 is 1.73. The van der Waals surface area contributed by atoms with Gasteiger partial charge < -0.3 is 10.2 Å². The molecule has 2 bridgehead atoms. The van der Waals surface area contributed by atoms with E-state index in [1.165, 1.54) is 42.5 Å². The SMILES string of the molecule is CNC1C(=O)N(C2CC3CCC(C3)C2)CCc2ccsc21. The van der Waals surface area contributed by atoms with Gasteiger partial charge in [-0.05, 0) is 61.6 Å². The minimum absolute atomic E-state index is 0.123. The van der Waals surface area contributed by atoms with Gasteiger partial charge in [0.1, 0.15) is 6.04 Å². The highest BCUT2D eigenvalue weighted by molar-refractivity contribution is 7.10. The Morgan fingerprint density at radius 1 is 1.24 bits per heavy atom. The molecule has 4 heteroatoms. The Hall–Kier alpha value is -0.870. The molecule has 0 spiro atoms. The largest absolute Gasteiger partial charge is 0.338 e. The van der Waals surface area contributed by atoms with Crippen LogP contribution in [0.1, 0.15) is 48.6 Å². The van der Waals surface area contributed by atoms with Gasteiger partial charge in [-0.3, -0.25) is 4.79 Å². The average Bonchev–Trinajstić information content (AvgIpc) is 3.04. The van der Waals surface area contributed by atoms with Crippen LogP contribution in [0.5, 0.6) is 0 Å². The third-order valence-corrected chi connectivity index (χ3v) is 6.81. The van der Waals surface area contributed by atoms with E-state index in [1.54, 1.807) is 11.3 Å². The van der Waals surface area contributed by atoms with Crippen LogP contribution in [-0.4, -0.2) is 30.4 Å². The van der Waals surface area contributed by atoms with Crippen LogP contribution in [-0.2, 0) is 11.2 Å². The molecular weight excluding hydrogens is 280 g/mol. The maximum absolute atomic E-state index is 13.0. The van der Waals surface area contributed by atoms with E-state index in [-0.39, 0.29) is 6.04 Å². The number of nitrogens with one attached hydrogen (secondary N) is 1. The molecule has 2 aliphatic carbocycles. The number of rotatable bonds is 2. The van der Waals surface area contributed by atoms with Crippen molar-refractivity contribution in [3.8, 4) is 0 Å². The summed E-state index contributed by atoms with van der Waals surface area (Å²) in [5.41, 5.74) is 1.37. The van der Waals surface area contributed by atoms with Gasteiger partial charge in [-0.1, -0.05) is 12.8 Å². The van der Waals surface area contributed by atoms with E-state index in [0.29, 0.717) is 11.9 Å². The zero-order chi connectivity index (χ0) is 14.4. The molecule has 1 amide bonds. The van der Waals surface area contributed by atoms with Crippen LogP contribution >= 0.6 is 11.3 Å². The predicted octanol–water partition coefficient (Wildman–Crippen LogP) is 2.97. The highest BCUT2D eigenvalue weighted by atomic mass is 32.1. The summed E-state index contributed by atoms with van der Waals surface area (Å²) in [6.45, 7) is 0.908. The number of fused-ring (bicyclic) bond motifs is 3. The molecule has 0 saturated heterocycles. The molecule has 3 unspecified atom stereocenters. The number of nitrogens with zero attached hydrogens (tertiary/aromatic N) is 1. The molecule has 21 heavy (non-hydrogen) atoms. The van der Waals surface area contributed by atoms with Crippen molar-refractivity contribution in [1.82, 2.24) is 10.2 Å². The van der Waals surface area contributed by atoms with Crippen LogP contribution in [0.4, 0.5) is 0 Å². The molecule has 1 N–H and O–H groups in total. The molecule has 0 radical (unpaired) electrons. The number of carbonyl (C=O) groups excluding carboxylic acids is 1. The van der Waals surface area contributed by atoms with E-state index in [0.717, 1.165) is 24.8 Å². The predicted molar refractivity (Wildman–Crippen MR) is 85.4 cm³/mol. The third-order valence-electron chi connectivity index (χ3n) is 5.79. The zero-order valence-electron chi connectivity index (χ0n) is 12.7. The standard InChI is InChI=1S/C17H24N2OS/c1-18-15-16-13(5-7-21-16)4-6-19(17(15)20)14-9-11-2-3-12(8-11)10-14/h5,7,11-12,14-15,18H,2-4,6,8-10H2,1H3. The summed E-state index contributed by atoms with van der Waals surface area (Å²) in [5, 5.41) is 5.39. The van der Waals surface area contributed by atoms with Crippen LogP contribution in [0.2, 0.25) is 0 Å². The molecule has 3 nitrogen and oxygen atoms in total. The molecule has 2 saturated carbocycles. The lowest BCUT2D eigenvalue weighted by Gasteiger charge is -2.37. The quantitative estimate of drug-likeness (QED) is 0.911. The number of amides is 1. The molecule has 1 aliphatic heterocycles. The van der Waals surface area contributed by atoms with Gasteiger partial charge >= 0.3 is 0 Å². The Bertz CT molecular complexity index is 529. The van der Waals surface area contributed by atoms with Crippen LogP contribution in [0.3, 0.4) is 0 Å². The lowest BCUT2D eigenvalue weighted by molar-refractivity contribution is -0.136. The second-order valence-electron chi connectivity index (χ2n) is 6.98. The van der Waals surface area contributed by atoms with Crippen LogP contribution in [0.15, 0.2) is 11.4 Å². The summed E-state index contributed by atoms with van der Waals surface area (Å²) < 4.78 is 0. The first-order valence-corrected chi connectivity index (χ1v) is 9.18. The number of hydrogen-bond acceptors (Lipinski definition) is 3. The second-order valence-corrected chi connectivity index (χ2v) is 7.93. The van der Waals surface area contributed by atoms with E-state index in [2.05, 4.69) is 21.7 Å². The van der Waals surface area contributed by atoms with Gasteiger partial charge in [0.25, 0.3) is 0 Å². The summed E-state index contributed by atoms with van der Waals surface area (Å²) in [4.78, 5) is 16.5.